The number of nitrogens with one attached hydrogen (secondary N) is 2. The summed E-state index contributed by atoms with van der Waals surface area (Å²) in [6.07, 6.45) is 0. The first-order chi connectivity index (χ1) is 8.36. The second-order valence-corrected chi connectivity index (χ2v) is 4.10. The fourth-order valence-corrected chi connectivity index (χ4v) is 1.59. The number of hydrogen-bond donors (Lipinski definition) is 2. The van der Waals surface area contributed by atoms with Gasteiger partial charge in [0.2, 0.25) is 5.28 Å². The van der Waals surface area contributed by atoms with Crippen LogP contribution in [0.4, 0.5) is 0 Å². The molecule has 0 saturated heterocycles. The zero-order valence-electron chi connectivity index (χ0n) is 9.62. The van der Waals surface area contributed by atoms with Gasteiger partial charge in [0.25, 0.3) is 5.56 Å². The van der Waals surface area contributed by atoms with Crippen molar-refractivity contribution in [2.45, 2.75) is 13.8 Å². The maximum Gasteiger partial charge on any atom is 0.325 e. The van der Waals surface area contributed by atoms with Gasteiger partial charge < -0.3 is 4.98 Å². The van der Waals surface area contributed by atoms with Gasteiger partial charge in [0.15, 0.2) is 0 Å². The van der Waals surface area contributed by atoms with Crippen LogP contribution in [0.1, 0.15) is 11.4 Å². The Morgan fingerprint density at radius 2 is 1.72 bits per heavy atom. The molecule has 2 rings (SSSR count). The molecule has 0 atom stereocenters. The first-order valence-electron chi connectivity index (χ1n) is 4.84. The molecule has 0 aliphatic carbocycles. The van der Waals surface area contributed by atoms with Crippen LogP contribution in [0.15, 0.2) is 21.7 Å². The summed E-state index contributed by atoms with van der Waals surface area (Å²) in [5.41, 5.74) is 0.528. The molecule has 0 spiro atoms. The number of rotatable bonds is 0. The summed E-state index contributed by atoms with van der Waals surface area (Å²) in [7, 11) is 0. The van der Waals surface area contributed by atoms with Crippen molar-refractivity contribution < 1.29 is 0 Å². The molecule has 6 nitrogen and oxygen atoms in total. The molecule has 0 radical (unpaired) electrons. The van der Waals surface area contributed by atoms with Crippen molar-refractivity contribution in [2.75, 3.05) is 0 Å². The van der Waals surface area contributed by atoms with E-state index < -0.39 is 5.69 Å². The molecule has 2 aromatic heterocycles. The van der Waals surface area contributed by atoms with E-state index in [4.69, 9.17) is 23.2 Å². The Morgan fingerprint density at radius 3 is 2.17 bits per heavy atom. The fourth-order valence-electron chi connectivity index (χ4n) is 1.09. The molecule has 2 N–H and O–H groups in total. The zero-order valence-corrected chi connectivity index (χ0v) is 11.1. The van der Waals surface area contributed by atoms with Gasteiger partial charge in [-0.3, -0.25) is 9.78 Å². The molecule has 18 heavy (non-hydrogen) atoms. The van der Waals surface area contributed by atoms with Gasteiger partial charge in [0.05, 0.1) is 0 Å². The lowest BCUT2D eigenvalue weighted by atomic mass is 10.5. The van der Waals surface area contributed by atoms with Crippen LogP contribution < -0.4 is 11.2 Å². The average molecular weight is 289 g/mol. The van der Waals surface area contributed by atoms with Crippen molar-refractivity contribution in [2.24, 2.45) is 0 Å². The maximum absolute atomic E-state index is 10.4. The molecular formula is C10H10Cl2N4O2. The summed E-state index contributed by atoms with van der Waals surface area (Å²) in [6, 6.07) is 2.97. The smallest absolute Gasteiger partial charge is 0.312 e. The number of H-pyrrole nitrogens is 2. The first kappa shape index (κ1) is 14.4. The van der Waals surface area contributed by atoms with E-state index in [-0.39, 0.29) is 10.8 Å². The van der Waals surface area contributed by atoms with Gasteiger partial charge in [-0.05, 0) is 31.5 Å². The second kappa shape index (κ2) is 6.32. The number of aryl methyl sites for hydroxylation is 2. The lowest BCUT2D eigenvalue weighted by Crippen LogP contribution is -2.21. The summed E-state index contributed by atoms with van der Waals surface area (Å²) in [6.45, 7) is 3.45. The van der Waals surface area contributed by atoms with E-state index in [2.05, 4.69) is 15.0 Å². The monoisotopic (exact) mass is 288 g/mol. The Labute approximate surface area is 112 Å². The molecule has 0 amide bonds. The number of aromatic amines is 2. The molecule has 0 aliphatic heterocycles. The highest BCUT2D eigenvalue weighted by molar-refractivity contribution is 6.31. The molecule has 0 bridgehead atoms. The van der Waals surface area contributed by atoms with Gasteiger partial charge in [-0.25, -0.2) is 14.8 Å². The molecule has 0 fully saturated rings. The van der Waals surface area contributed by atoms with Crippen molar-refractivity contribution >= 4 is 23.2 Å². The molecule has 2 heterocycles. The normalized spacial score (nSPS) is 9.56. The Morgan fingerprint density at radius 1 is 1.06 bits per heavy atom. The van der Waals surface area contributed by atoms with E-state index in [0.29, 0.717) is 10.8 Å². The Bertz CT molecular complexity index is 572. The highest BCUT2D eigenvalue weighted by Gasteiger charge is 1.94. The van der Waals surface area contributed by atoms with Gasteiger partial charge >= 0.3 is 5.69 Å². The molecule has 0 aromatic carbocycles. The van der Waals surface area contributed by atoms with E-state index in [1.165, 1.54) is 6.07 Å². The largest absolute Gasteiger partial charge is 0.325 e. The van der Waals surface area contributed by atoms with Crippen LogP contribution in [0.25, 0.3) is 0 Å². The van der Waals surface area contributed by atoms with Gasteiger partial charge in [-0.2, -0.15) is 0 Å². The van der Waals surface area contributed by atoms with E-state index in [1.54, 1.807) is 19.9 Å². The summed E-state index contributed by atoms with van der Waals surface area (Å²) in [5, 5.41) is 0.576. The predicted octanol–water partition coefficient (Wildman–Crippen LogP) is 1.46. The van der Waals surface area contributed by atoms with E-state index in [0.717, 1.165) is 5.69 Å². The van der Waals surface area contributed by atoms with Crippen molar-refractivity contribution in [3.05, 3.63) is 54.8 Å². The minimum atomic E-state index is -0.458. The lowest BCUT2D eigenvalue weighted by Gasteiger charge is -1.91. The Hall–Kier alpha value is -1.66. The summed E-state index contributed by atoms with van der Waals surface area (Å²) in [4.78, 5) is 32.7. The van der Waals surface area contributed by atoms with Crippen molar-refractivity contribution in [3.8, 4) is 0 Å². The third-order valence-corrected chi connectivity index (χ3v) is 2.05. The standard InChI is InChI=1S/C5H4Cl2N2.C5H6N2O2/c1-3-2-4(6)9-5(7)8-3;1-3-2-4(8)7-5(9)6-3/h2H,1H3;2H,1H3,(H2,6,7,8,9). The number of nitrogens with zero attached hydrogens (tertiary/aromatic N) is 2. The van der Waals surface area contributed by atoms with E-state index in [1.807, 2.05) is 4.98 Å². The van der Waals surface area contributed by atoms with Crippen LogP contribution >= 0.6 is 23.2 Å². The Kier molecular flexibility index (Phi) is 5.06. The van der Waals surface area contributed by atoms with Crippen LogP contribution in [-0.4, -0.2) is 19.9 Å². The van der Waals surface area contributed by atoms with Crippen molar-refractivity contribution in [1.82, 2.24) is 19.9 Å². The molecule has 0 unspecified atom stereocenters. The average Bonchev–Trinajstić information content (AvgIpc) is 2.12. The molecule has 0 aliphatic rings. The van der Waals surface area contributed by atoms with E-state index >= 15 is 0 Å². The molecule has 8 heteroatoms. The second-order valence-electron chi connectivity index (χ2n) is 3.37. The van der Waals surface area contributed by atoms with Crippen LogP contribution in [0.3, 0.4) is 0 Å². The van der Waals surface area contributed by atoms with Crippen LogP contribution in [0.2, 0.25) is 10.4 Å². The van der Waals surface area contributed by atoms with Crippen molar-refractivity contribution in [3.63, 3.8) is 0 Å². The number of hydrogen-bond acceptors (Lipinski definition) is 4. The zero-order chi connectivity index (χ0) is 13.7. The van der Waals surface area contributed by atoms with E-state index in [9.17, 15) is 9.59 Å². The SMILES string of the molecule is Cc1cc(=O)[nH]c(=O)[nH]1.Cc1cc(Cl)nc(Cl)n1. The Balaban J connectivity index is 0.000000180. The summed E-state index contributed by atoms with van der Waals surface area (Å²) in [5.74, 6) is 0. The van der Waals surface area contributed by atoms with Gasteiger partial charge in [0, 0.05) is 17.5 Å². The number of halogens is 2. The fraction of sp³-hybridized carbons (Fsp3) is 0.200. The molecule has 96 valence electrons. The van der Waals surface area contributed by atoms with Gasteiger partial charge in [-0.15, -0.1) is 0 Å². The number of aromatic nitrogens is 4. The quantitative estimate of drug-likeness (QED) is 0.567. The summed E-state index contributed by atoms with van der Waals surface area (Å²) < 4.78 is 0. The van der Waals surface area contributed by atoms with Crippen molar-refractivity contribution in [1.29, 1.82) is 0 Å². The third-order valence-electron chi connectivity index (χ3n) is 1.69. The molecular weight excluding hydrogens is 279 g/mol. The minimum Gasteiger partial charge on any atom is -0.312 e. The lowest BCUT2D eigenvalue weighted by molar-refractivity contribution is 0.994. The van der Waals surface area contributed by atoms with Crippen LogP contribution in [-0.2, 0) is 0 Å². The molecule has 2 aromatic rings. The van der Waals surface area contributed by atoms with Gasteiger partial charge in [-0.1, -0.05) is 11.6 Å². The maximum atomic E-state index is 10.4. The predicted molar refractivity (Wildman–Crippen MR) is 69.2 cm³/mol. The third kappa shape index (κ3) is 5.11. The van der Waals surface area contributed by atoms with Crippen LogP contribution in [0.5, 0.6) is 0 Å². The van der Waals surface area contributed by atoms with Gasteiger partial charge in [0.1, 0.15) is 5.15 Å². The minimum absolute atomic E-state index is 0.194. The highest BCUT2D eigenvalue weighted by atomic mass is 35.5. The van der Waals surface area contributed by atoms with Crippen LogP contribution in [0, 0.1) is 13.8 Å². The topological polar surface area (TPSA) is 91.5 Å². The molecule has 0 saturated carbocycles. The first-order valence-corrected chi connectivity index (χ1v) is 5.59. The summed E-state index contributed by atoms with van der Waals surface area (Å²) >= 11 is 11.0. The highest BCUT2D eigenvalue weighted by Crippen LogP contribution is 2.08.